The van der Waals surface area contributed by atoms with Crippen molar-refractivity contribution >= 4 is 30.1 Å². The van der Waals surface area contributed by atoms with Gasteiger partial charge in [0.05, 0.1) is 25.8 Å². The zero-order chi connectivity index (χ0) is 28.9. The smallest absolute Gasteiger partial charge is 0.336 e. The number of carbonyl (C=O) groups excluding carboxylic acids is 3. The van der Waals surface area contributed by atoms with Crippen molar-refractivity contribution in [1.29, 1.82) is 0 Å². The fourth-order valence-electron chi connectivity index (χ4n) is 3.96. The van der Waals surface area contributed by atoms with E-state index >= 15 is 0 Å². The molecule has 0 saturated carbocycles. The van der Waals surface area contributed by atoms with Crippen LogP contribution in [0.3, 0.4) is 0 Å². The van der Waals surface area contributed by atoms with Gasteiger partial charge in [-0.1, -0.05) is 84.9 Å². The Morgan fingerprint density at radius 3 is 2.07 bits per heavy atom. The van der Waals surface area contributed by atoms with Crippen LogP contribution in [-0.4, -0.2) is 37.7 Å². The van der Waals surface area contributed by atoms with Gasteiger partial charge in [0.2, 0.25) is 5.91 Å². The highest BCUT2D eigenvalue weighted by Gasteiger charge is 2.22. The van der Waals surface area contributed by atoms with Crippen LogP contribution in [0.2, 0.25) is 0 Å². The van der Waals surface area contributed by atoms with Crippen LogP contribution in [0.5, 0.6) is 11.5 Å². The second kappa shape index (κ2) is 14.6. The Bertz CT molecular complexity index is 1480. The first-order valence-corrected chi connectivity index (χ1v) is 12.9. The molecular formula is C33H29N3O5. The van der Waals surface area contributed by atoms with Gasteiger partial charge in [-0.3, -0.25) is 9.59 Å². The quantitative estimate of drug-likeness (QED) is 0.0930. The van der Waals surface area contributed by atoms with E-state index in [1.54, 1.807) is 49.6 Å². The molecule has 4 rings (SSSR count). The number of nitrogens with zero attached hydrogens (tertiary/aromatic N) is 1. The van der Waals surface area contributed by atoms with Gasteiger partial charge in [0.25, 0.3) is 5.91 Å². The maximum absolute atomic E-state index is 13.0. The number of hydrogen-bond donors (Lipinski definition) is 2. The number of rotatable bonds is 11. The van der Waals surface area contributed by atoms with E-state index in [-0.39, 0.29) is 12.5 Å². The van der Waals surface area contributed by atoms with Crippen molar-refractivity contribution in [1.82, 2.24) is 10.7 Å². The van der Waals surface area contributed by atoms with Gasteiger partial charge in [0, 0.05) is 6.08 Å². The lowest BCUT2D eigenvalue weighted by Gasteiger charge is -2.17. The van der Waals surface area contributed by atoms with Crippen LogP contribution in [0.4, 0.5) is 0 Å². The van der Waals surface area contributed by atoms with Crippen molar-refractivity contribution in [3.8, 4) is 11.5 Å². The molecule has 4 aromatic rings. The first kappa shape index (κ1) is 28.5. The lowest BCUT2D eigenvalue weighted by Crippen LogP contribution is -2.37. The van der Waals surface area contributed by atoms with Gasteiger partial charge in [-0.2, -0.15) is 5.10 Å². The standard InChI is InChI=1S/C33H29N3O5/c1-40-28-18-15-24(16-19-28)17-20-31(38)41-29-14-8-9-25(21-29)22-35-36-30(37)23-34-33(39)32(26-10-4-2-5-11-26)27-12-6-3-7-13-27/h2-22,32H,23H2,1H3,(H,34,39)(H,36,37)/b20-17+,35-22+. The van der Waals surface area contributed by atoms with Gasteiger partial charge in [-0.25, -0.2) is 10.2 Å². The number of ether oxygens (including phenoxy) is 2. The third-order valence-electron chi connectivity index (χ3n) is 5.96. The van der Waals surface area contributed by atoms with E-state index in [9.17, 15) is 14.4 Å². The predicted octanol–water partition coefficient (Wildman–Crippen LogP) is 4.71. The largest absolute Gasteiger partial charge is 0.497 e. The van der Waals surface area contributed by atoms with Gasteiger partial charge in [0.15, 0.2) is 0 Å². The maximum atomic E-state index is 13.0. The molecule has 2 amide bonds. The van der Waals surface area contributed by atoms with Crippen LogP contribution in [0.25, 0.3) is 6.08 Å². The number of hydrazone groups is 1. The van der Waals surface area contributed by atoms with Crippen LogP contribution < -0.4 is 20.2 Å². The molecule has 8 heteroatoms. The number of carbonyl (C=O) groups is 3. The predicted molar refractivity (Wildman–Crippen MR) is 158 cm³/mol. The van der Waals surface area contributed by atoms with Crippen molar-refractivity contribution in [3.05, 3.63) is 138 Å². The zero-order valence-electron chi connectivity index (χ0n) is 22.4. The minimum atomic E-state index is -0.551. The lowest BCUT2D eigenvalue weighted by molar-refractivity contribution is -0.129. The monoisotopic (exact) mass is 547 g/mol. The van der Waals surface area contributed by atoms with Gasteiger partial charge < -0.3 is 14.8 Å². The number of esters is 1. The average Bonchev–Trinajstić information content (AvgIpc) is 3.01. The SMILES string of the molecule is COc1ccc(/C=C/C(=O)Oc2cccc(/C=N/NC(=O)CNC(=O)C(c3ccccc3)c3ccccc3)c2)cc1. The van der Waals surface area contributed by atoms with Crippen molar-refractivity contribution < 1.29 is 23.9 Å². The van der Waals surface area contributed by atoms with E-state index in [1.807, 2.05) is 72.8 Å². The molecule has 2 N–H and O–H groups in total. The minimum Gasteiger partial charge on any atom is -0.497 e. The number of nitrogens with one attached hydrogen (secondary N) is 2. The zero-order valence-corrected chi connectivity index (χ0v) is 22.4. The van der Waals surface area contributed by atoms with Gasteiger partial charge in [0.1, 0.15) is 11.5 Å². The van der Waals surface area contributed by atoms with E-state index in [0.29, 0.717) is 11.3 Å². The third-order valence-corrected chi connectivity index (χ3v) is 5.96. The molecule has 0 fully saturated rings. The maximum Gasteiger partial charge on any atom is 0.336 e. The highest BCUT2D eigenvalue weighted by molar-refractivity contribution is 5.91. The summed E-state index contributed by atoms with van der Waals surface area (Å²) in [5.41, 5.74) is 5.48. The fourth-order valence-corrected chi connectivity index (χ4v) is 3.96. The highest BCUT2D eigenvalue weighted by atomic mass is 16.5. The Morgan fingerprint density at radius 1 is 0.780 bits per heavy atom. The minimum absolute atomic E-state index is 0.246. The van der Waals surface area contributed by atoms with Crippen LogP contribution in [0.15, 0.2) is 120 Å². The van der Waals surface area contributed by atoms with Crippen LogP contribution >= 0.6 is 0 Å². The van der Waals surface area contributed by atoms with Crippen LogP contribution in [-0.2, 0) is 14.4 Å². The van der Waals surface area contributed by atoms with Gasteiger partial charge in [-0.15, -0.1) is 0 Å². The summed E-state index contributed by atoms with van der Waals surface area (Å²) >= 11 is 0. The summed E-state index contributed by atoms with van der Waals surface area (Å²) in [4.78, 5) is 37.6. The second-order valence-corrected chi connectivity index (χ2v) is 8.87. The molecule has 0 radical (unpaired) electrons. The summed E-state index contributed by atoms with van der Waals surface area (Å²) in [5, 5.41) is 6.64. The molecule has 0 aromatic heterocycles. The van der Waals surface area contributed by atoms with Crippen molar-refractivity contribution in [2.24, 2.45) is 5.10 Å². The summed E-state index contributed by atoms with van der Waals surface area (Å²) in [6, 6.07) is 32.7. The van der Waals surface area contributed by atoms with E-state index in [1.165, 1.54) is 12.3 Å². The molecule has 0 heterocycles. The normalized spacial score (nSPS) is 11.0. The molecule has 0 aliphatic rings. The van der Waals surface area contributed by atoms with E-state index < -0.39 is 17.8 Å². The van der Waals surface area contributed by atoms with Crippen molar-refractivity contribution in [2.75, 3.05) is 13.7 Å². The van der Waals surface area contributed by atoms with E-state index in [4.69, 9.17) is 9.47 Å². The molecule has 0 atom stereocenters. The Labute approximate surface area is 238 Å². The van der Waals surface area contributed by atoms with Gasteiger partial charge in [-0.05, 0) is 52.6 Å². The van der Waals surface area contributed by atoms with E-state index in [0.717, 1.165) is 22.4 Å². The molecule has 0 aliphatic heterocycles. The van der Waals surface area contributed by atoms with E-state index in [2.05, 4.69) is 15.8 Å². The van der Waals surface area contributed by atoms with Crippen LogP contribution in [0.1, 0.15) is 28.2 Å². The first-order chi connectivity index (χ1) is 20.0. The number of methoxy groups -OCH3 is 1. The molecule has 0 saturated heterocycles. The summed E-state index contributed by atoms with van der Waals surface area (Å²) in [5.74, 6) is -0.819. The molecule has 0 bridgehead atoms. The third kappa shape index (κ3) is 8.76. The fraction of sp³-hybridized carbons (Fsp3) is 0.0909. The molecule has 0 aliphatic carbocycles. The number of amides is 2. The molecular weight excluding hydrogens is 518 g/mol. The number of hydrogen-bond acceptors (Lipinski definition) is 6. The first-order valence-electron chi connectivity index (χ1n) is 12.9. The summed E-state index contributed by atoms with van der Waals surface area (Å²) in [6.45, 7) is -0.246. The summed E-state index contributed by atoms with van der Waals surface area (Å²) < 4.78 is 10.5. The summed E-state index contributed by atoms with van der Waals surface area (Å²) in [7, 11) is 1.59. The Hall–Kier alpha value is -5.50. The highest BCUT2D eigenvalue weighted by Crippen LogP contribution is 2.24. The summed E-state index contributed by atoms with van der Waals surface area (Å²) in [6.07, 6.45) is 4.39. The van der Waals surface area contributed by atoms with Crippen molar-refractivity contribution in [3.63, 3.8) is 0 Å². The Balaban J connectivity index is 1.28. The molecule has 0 unspecified atom stereocenters. The number of benzene rings is 4. The average molecular weight is 548 g/mol. The molecule has 41 heavy (non-hydrogen) atoms. The second-order valence-electron chi connectivity index (χ2n) is 8.87. The van der Waals surface area contributed by atoms with Crippen molar-refractivity contribution in [2.45, 2.75) is 5.92 Å². The topological polar surface area (TPSA) is 106 Å². The van der Waals surface area contributed by atoms with Crippen LogP contribution in [0, 0.1) is 0 Å². The molecule has 8 nitrogen and oxygen atoms in total. The Morgan fingerprint density at radius 2 is 1.44 bits per heavy atom. The lowest BCUT2D eigenvalue weighted by atomic mass is 9.90. The Kier molecular flexibility index (Phi) is 10.1. The molecule has 0 spiro atoms. The molecule has 4 aromatic carbocycles. The molecule has 206 valence electrons. The van der Waals surface area contributed by atoms with Gasteiger partial charge >= 0.3 is 5.97 Å².